The van der Waals surface area contributed by atoms with Gasteiger partial charge >= 0.3 is 0 Å². The summed E-state index contributed by atoms with van der Waals surface area (Å²) in [6, 6.07) is 3.26. The van der Waals surface area contributed by atoms with Gasteiger partial charge in [-0.25, -0.2) is 18.7 Å². The van der Waals surface area contributed by atoms with Crippen molar-refractivity contribution >= 4 is 28.4 Å². The Kier molecular flexibility index (Phi) is 4.62. The molecule has 0 aliphatic carbocycles. The van der Waals surface area contributed by atoms with Gasteiger partial charge in [0, 0.05) is 24.4 Å². The van der Waals surface area contributed by atoms with Gasteiger partial charge in [0.15, 0.2) is 5.82 Å². The van der Waals surface area contributed by atoms with Crippen molar-refractivity contribution < 1.29 is 8.78 Å². The Hall–Kier alpha value is -1.31. The normalized spacial score (nSPS) is 10.5. The van der Waals surface area contributed by atoms with E-state index in [2.05, 4.69) is 37.9 Å². The molecule has 1 heterocycles. The SMILES string of the molecule is CCCNc1nc(-c2cc(F)cc(F)c2)ncc1I. The maximum Gasteiger partial charge on any atom is 0.161 e. The molecule has 3 nitrogen and oxygen atoms in total. The number of aromatic nitrogens is 2. The van der Waals surface area contributed by atoms with Gasteiger partial charge in [0.25, 0.3) is 0 Å². The van der Waals surface area contributed by atoms with Gasteiger partial charge in [-0.15, -0.1) is 0 Å². The maximum absolute atomic E-state index is 13.2. The van der Waals surface area contributed by atoms with E-state index in [1.807, 2.05) is 6.92 Å². The van der Waals surface area contributed by atoms with Crippen LogP contribution in [0.15, 0.2) is 24.4 Å². The molecule has 0 bridgehead atoms. The zero-order chi connectivity index (χ0) is 13.8. The fourth-order valence-electron chi connectivity index (χ4n) is 1.56. The third kappa shape index (κ3) is 3.59. The van der Waals surface area contributed by atoms with Crippen LogP contribution in [-0.4, -0.2) is 16.5 Å². The van der Waals surface area contributed by atoms with E-state index in [4.69, 9.17) is 0 Å². The standard InChI is InChI=1S/C13H12F2IN3/c1-2-3-17-13-11(16)7-18-12(19-13)8-4-9(14)6-10(15)5-8/h4-7H,2-3H2,1H3,(H,17,18,19). The monoisotopic (exact) mass is 375 g/mol. The van der Waals surface area contributed by atoms with Crippen LogP contribution in [-0.2, 0) is 0 Å². The Labute approximate surface area is 123 Å². The molecule has 0 aliphatic heterocycles. The molecule has 0 atom stereocenters. The summed E-state index contributed by atoms with van der Waals surface area (Å²) < 4.78 is 27.2. The van der Waals surface area contributed by atoms with E-state index in [-0.39, 0.29) is 0 Å². The molecule has 0 amide bonds. The van der Waals surface area contributed by atoms with Gasteiger partial charge in [0.2, 0.25) is 0 Å². The van der Waals surface area contributed by atoms with Crippen LogP contribution in [0.5, 0.6) is 0 Å². The summed E-state index contributed by atoms with van der Waals surface area (Å²) in [4.78, 5) is 8.41. The number of hydrogen-bond donors (Lipinski definition) is 1. The zero-order valence-electron chi connectivity index (χ0n) is 10.3. The molecular formula is C13H12F2IN3. The van der Waals surface area contributed by atoms with Gasteiger partial charge in [0.05, 0.1) is 3.57 Å². The van der Waals surface area contributed by atoms with Crippen molar-refractivity contribution in [2.45, 2.75) is 13.3 Å². The summed E-state index contributed by atoms with van der Waals surface area (Å²) in [5.74, 6) is -0.296. The van der Waals surface area contributed by atoms with E-state index < -0.39 is 11.6 Å². The van der Waals surface area contributed by atoms with Crippen LogP contribution in [0.1, 0.15) is 13.3 Å². The minimum atomic E-state index is -0.639. The first-order valence-corrected chi connectivity index (χ1v) is 6.91. The Morgan fingerprint density at radius 1 is 1.21 bits per heavy atom. The van der Waals surface area contributed by atoms with E-state index in [0.717, 1.165) is 22.6 Å². The second-order valence-corrected chi connectivity index (χ2v) is 5.14. The largest absolute Gasteiger partial charge is 0.369 e. The van der Waals surface area contributed by atoms with Crippen LogP contribution in [0.4, 0.5) is 14.6 Å². The third-order valence-electron chi connectivity index (χ3n) is 2.41. The van der Waals surface area contributed by atoms with Gasteiger partial charge in [-0.05, 0) is 41.1 Å². The third-order valence-corrected chi connectivity index (χ3v) is 3.20. The molecule has 0 saturated carbocycles. The van der Waals surface area contributed by atoms with Crippen molar-refractivity contribution in [2.24, 2.45) is 0 Å². The number of rotatable bonds is 4. The molecule has 0 radical (unpaired) electrons. The van der Waals surface area contributed by atoms with Gasteiger partial charge in [-0.1, -0.05) is 6.92 Å². The van der Waals surface area contributed by atoms with Gasteiger partial charge in [0.1, 0.15) is 17.5 Å². The number of halogens is 3. The molecule has 100 valence electrons. The van der Waals surface area contributed by atoms with Crippen LogP contribution >= 0.6 is 22.6 Å². The van der Waals surface area contributed by atoms with Crippen molar-refractivity contribution in [1.29, 1.82) is 0 Å². The predicted octanol–water partition coefficient (Wildman–Crippen LogP) is 3.85. The van der Waals surface area contributed by atoms with Crippen LogP contribution in [0.2, 0.25) is 0 Å². The molecule has 6 heteroatoms. The number of nitrogens with zero attached hydrogens (tertiary/aromatic N) is 2. The molecule has 0 unspecified atom stereocenters. The highest BCUT2D eigenvalue weighted by Crippen LogP contribution is 2.22. The first kappa shape index (κ1) is 14.1. The van der Waals surface area contributed by atoms with Crippen molar-refractivity contribution in [3.05, 3.63) is 39.6 Å². The van der Waals surface area contributed by atoms with Gasteiger partial charge in [-0.3, -0.25) is 0 Å². The predicted molar refractivity (Wildman–Crippen MR) is 78.9 cm³/mol. The van der Waals surface area contributed by atoms with Crippen molar-refractivity contribution in [1.82, 2.24) is 9.97 Å². The molecule has 2 rings (SSSR count). The highest BCUT2D eigenvalue weighted by molar-refractivity contribution is 14.1. The summed E-state index contributed by atoms with van der Waals surface area (Å²) in [7, 11) is 0. The van der Waals surface area contributed by atoms with Crippen LogP contribution in [0.3, 0.4) is 0 Å². The fourth-order valence-corrected chi connectivity index (χ4v) is 2.01. The molecular weight excluding hydrogens is 363 g/mol. The summed E-state index contributed by atoms with van der Waals surface area (Å²) in [6.07, 6.45) is 2.59. The average molecular weight is 375 g/mol. The molecule has 1 aromatic carbocycles. The lowest BCUT2D eigenvalue weighted by Gasteiger charge is -2.08. The van der Waals surface area contributed by atoms with E-state index in [1.54, 1.807) is 6.20 Å². The minimum absolute atomic E-state index is 0.303. The summed E-state index contributed by atoms with van der Waals surface area (Å²) in [5.41, 5.74) is 0.327. The zero-order valence-corrected chi connectivity index (χ0v) is 12.4. The number of anilines is 1. The average Bonchev–Trinajstić information content (AvgIpc) is 2.36. The molecule has 0 spiro atoms. The smallest absolute Gasteiger partial charge is 0.161 e. The maximum atomic E-state index is 13.2. The highest BCUT2D eigenvalue weighted by atomic mass is 127. The summed E-state index contributed by atoms with van der Waals surface area (Å²) >= 11 is 2.11. The van der Waals surface area contributed by atoms with Crippen molar-refractivity contribution in [3.8, 4) is 11.4 Å². The number of benzene rings is 1. The number of hydrogen-bond acceptors (Lipinski definition) is 3. The van der Waals surface area contributed by atoms with Gasteiger partial charge < -0.3 is 5.32 Å². The summed E-state index contributed by atoms with van der Waals surface area (Å²) in [5, 5.41) is 3.16. The lowest BCUT2D eigenvalue weighted by molar-refractivity contribution is 0.584. The quantitative estimate of drug-likeness (QED) is 0.826. The molecule has 0 aliphatic rings. The van der Waals surface area contributed by atoms with E-state index in [1.165, 1.54) is 12.1 Å². The summed E-state index contributed by atoms with van der Waals surface area (Å²) in [6.45, 7) is 2.83. The topological polar surface area (TPSA) is 37.8 Å². The molecule has 1 aromatic heterocycles. The Bertz CT molecular complexity index is 570. The molecule has 19 heavy (non-hydrogen) atoms. The van der Waals surface area contributed by atoms with Crippen LogP contribution in [0.25, 0.3) is 11.4 Å². The highest BCUT2D eigenvalue weighted by Gasteiger charge is 2.09. The second kappa shape index (κ2) is 6.23. The van der Waals surface area contributed by atoms with E-state index >= 15 is 0 Å². The Balaban J connectivity index is 2.39. The Morgan fingerprint density at radius 3 is 2.53 bits per heavy atom. The van der Waals surface area contributed by atoms with E-state index in [0.29, 0.717) is 17.2 Å². The molecule has 0 fully saturated rings. The van der Waals surface area contributed by atoms with Crippen molar-refractivity contribution in [3.63, 3.8) is 0 Å². The first-order chi connectivity index (χ1) is 9.10. The van der Waals surface area contributed by atoms with Crippen LogP contribution < -0.4 is 5.32 Å². The Morgan fingerprint density at radius 2 is 1.89 bits per heavy atom. The minimum Gasteiger partial charge on any atom is -0.369 e. The second-order valence-electron chi connectivity index (χ2n) is 3.98. The molecule has 1 N–H and O–H groups in total. The van der Waals surface area contributed by atoms with Gasteiger partial charge in [-0.2, -0.15) is 0 Å². The molecule has 0 saturated heterocycles. The van der Waals surface area contributed by atoms with Crippen LogP contribution in [0, 0.1) is 15.2 Å². The van der Waals surface area contributed by atoms with E-state index in [9.17, 15) is 8.78 Å². The lowest BCUT2D eigenvalue weighted by Crippen LogP contribution is -2.05. The first-order valence-electron chi connectivity index (χ1n) is 5.83. The van der Waals surface area contributed by atoms with Crippen molar-refractivity contribution in [2.75, 3.05) is 11.9 Å². The fraction of sp³-hybridized carbons (Fsp3) is 0.231. The molecule has 2 aromatic rings. The number of nitrogens with one attached hydrogen (secondary N) is 1. The lowest BCUT2D eigenvalue weighted by atomic mass is 10.2.